The SMILES string of the molecule is CC(CC(=O)Nc1ccc(OC(F)F)c(CN(C)C(=O)OCC[Si](C)(C)C)c1)c1cc(C(Nc2ccc(C#N)cc2)C(=O)O)ccc1OCc1ccccc1. The van der Waals surface area contributed by atoms with Crippen molar-refractivity contribution >= 4 is 37.4 Å². The summed E-state index contributed by atoms with van der Waals surface area (Å²) in [5.74, 6) is -1.72. The second-order valence-electron chi connectivity index (χ2n) is 14.3. The van der Waals surface area contributed by atoms with E-state index in [1.165, 1.54) is 30.1 Å². The Labute approximate surface area is 320 Å². The minimum atomic E-state index is -3.11. The quantitative estimate of drug-likeness (QED) is 0.0842. The van der Waals surface area contributed by atoms with Crippen LogP contribution in [0.5, 0.6) is 11.5 Å². The summed E-state index contributed by atoms with van der Waals surface area (Å²) in [4.78, 5) is 39.9. The summed E-state index contributed by atoms with van der Waals surface area (Å²) in [7, 11) is 0.0325. The van der Waals surface area contributed by atoms with Gasteiger partial charge in [0, 0.05) is 38.5 Å². The van der Waals surface area contributed by atoms with E-state index in [0.717, 1.165) is 11.6 Å². The number of ether oxygens (including phenoxy) is 3. The molecule has 3 N–H and O–H groups in total. The lowest BCUT2D eigenvalue weighted by Gasteiger charge is -2.22. The van der Waals surface area contributed by atoms with Gasteiger partial charge in [0.05, 0.1) is 24.8 Å². The molecular formula is C41H46F2N4O7Si. The summed E-state index contributed by atoms with van der Waals surface area (Å²) in [5.41, 5.74) is 3.37. The van der Waals surface area contributed by atoms with Gasteiger partial charge in [-0.3, -0.25) is 4.79 Å². The fourth-order valence-corrected chi connectivity index (χ4v) is 6.27. The van der Waals surface area contributed by atoms with Gasteiger partial charge in [-0.1, -0.05) is 63.0 Å². The first kappa shape index (κ1) is 41.8. The van der Waals surface area contributed by atoms with Gasteiger partial charge in [-0.2, -0.15) is 14.0 Å². The zero-order valence-electron chi connectivity index (χ0n) is 31.5. The Balaban J connectivity index is 1.55. The third-order valence-electron chi connectivity index (χ3n) is 8.56. The average molecular weight is 773 g/mol. The smallest absolute Gasteiger partial charge is 0.409 e. The summed E-state index contributed by atoms with van der Waals surface area (Å²) >= 11 is 0. The first-order valence-corrected chi connectivity index (χ1v) is 21.4. The van der Waals surface area contributed by atoms with Gasteiger partial charge in [-0.15, -0.1) is 0 Å². The predicted octanol–water partition coefficient (Wildman–Crippen LogP) is 9.02. The first-order valence-electron chi connectivity index (χ1n) is 17.7. The molecule has 55 heavy (non-hydrogen) atoms. The molecule has 0 aliphatic rings. The fraction of sp³-hybridized carbons (Fsp3) is 0.317. The van der Waals surface area contributed by atoms with Crippen molar-refractivity contribution in [1.82, 2.24) is 4.90 Å². The van der Waals surface area contributed by atoms with Crippen LogP contribution < -0.4 is 20.1 Å². The van der Waals surface area contributed by atoms with E-state index < -0.39 is 44.6 Å². The lowest BCUT2D eigenvalue weighted by molar-refractivity contribution is -0.138. The van der Waals surface area contributed by atoms with Crippen LogP contribution in [0.2, 0.25) is 25.7 Å². The molecule has 0 bridgehead atoms. The number of alkyl halides is 2. The molecule has 4 aromatic carbocycles. The van der Waals surface area contributed by atoms with Crippen molar-refractivity contribution < 1.29 is 42.5 Å². The number of amides is 2. The monoisotopic (exact) mass is 772 g/mol. The normalized spacial score (nSPS) is 12.2. The summed E-state index contributed by atoms with van der Waals surface area (Å²) in [5, 5.41) is 25.2. The number of carbonyl (C=O) groups is 3. The van der Waals surface area contributed by atoms with Gasteiger partial charge in [0.1, 0.15) is 18.1 Å². The minimum Gasteiger partial charge on any atom is -0.489 e. The molecule has 0 spiro atoms. The highest BCUT2D eigenvalue weighted by Gasteiger charge is 2.25. The second kappa shape index (κ2) is 19.4. The molecule has 2 unspecified atom stereocenters. The number of nitrogens with zero attached hydrogens (tertiary/aromatic N) is 2. The second-order valence-corrected chi connectivity index (χ2v) is 19.9. The minimum absolute atomic E-state index is 0.0557. The number of benzene rings is 4. The maximum atomic E-state index is 13.5. The molecule has 290 valence electrons. The zero-order valence-corrected chi connectivity index (χ0v) is 32.5. The Kier molecular flexibility index (Phi) is 14.7. The molecule has 14 heteroatoms. The molecule has 0 heterocycles. The maximum absolute atomic E-state index is 13.5. The molecule has 2 atom stereocenters. The van der Waals surface area contributed by atoms with E-state index >= 15 is 0 Å². The van der Waals surface area contributed by atoms with Crippen LogP contribution in [0.25, 0.3) is 0 Å². The van der Waals surface area contributed by atoms with Gasteiger partial charge in [0.25, 0.3) is 0 Å². The Bertz CT molecular complexity index is 1970. The van der Waals surface area contributed by atoms with Crippen molar-refractivity contribution in [1.29, 1.82) is 5.26 Å². The maximum Gasteiger partial charge on any atom is 0.409 e. The highest BCUT2D eigenvalue weighted by Crippen LogP contribution is 2.34. The van der Waals surface area contributed by atoms with Gasteiger partial charge in [-0.05, 0) is 83.2 Å². The molecular weight excluding hydrogens is 727 g/mol. The Morgan fingerprint density at radius 3 is 2.24 bits per heavy atom. The van der Waals surface area contributed by atoms with Crippen molar-refractivity contribution in [3.63, 3.8) is 0 Å². The van der Waals surface area contributed by atoms with Crippen LogP contribution in [-0.2, 0) is 27.5 Å². The number of aliphatic carboxylic acids is 1. The van der Waals surface area contributed by atoms with E-state index in [9.17, 15) is 28.3 Å². The molecule has 0 fully saturated rings. The standard InChI is InChI=1S/C41H46F2N4O7Si/c1-27(21-37(48)45-33-16-18-35(54-40(42)43)31(22-33)25-47(2)41(51)52-19-20-55(3,4)5)34-23-30(13-17-36(34)53-26-29-9-7-6-8-10-29)38(39(49)50)46-32-14-11-28(24-44)12-15-32/h6-18,22-23,27,38,40,46H,19-21,25-26H2,1-5H3,(H,45,48)(H,49,50). The number of carbonyl (C=O) groups excluding carboxylic acids is 2. The fourth-order valence-electron chi connectivity index (χ4n) is 5.56. The lowest BCUT2D eigenvalue weighted by atomic mass is 9.92. The number of rotatable bonds is 18. The molecule has 0 aromatic heterocycles. The van der Waals surface area contributed by atoms with E-state index in [4.69, 9.17) is 19.5 Å². The molecule has 0 saturated carbocycles. The van der Waals surface area contributed by atoms with Crippen molar-refractivity contribution in [2.75, 3.05) is 24.3 Å². The topological polar surface area (TPSA) is 150 Å². The van der Waals surface area contributed by atoms with Gasteiger partial charge < -0.3 is 34.9 Å². The molecule has 11 nitrogen and oxygen atoms in total. The van der Waals surface area contributed by atoms with Crippen molar-refractivity contribution in [3.05, 3.63) is 119 Å². The number of nitrogens with one attached hydrogen (secondary N) is 2. The number of carboxylic acids is 1. The third kappa shape index (κ3) is 13.1. The summed E-state index contributed by atoms with van der Waals surface area (Å²) in [6.07, 6.45) is -0.672. The van der Waals surface area contributed by atoms with Crippen LogP contribution in [0.1, 0.15) is 53.1 Å². The van der Waals surface area contributed by atoms with Crippen molar-refractivity contribution in [2.24, 2.45) is 0 Å². The molecule has 4 rings (SSSR count). The average Bonchev–Trinajstić information content (AvgIpc) is 3.13. The summed E-state index contributed by atoms with van der Waals surface area (Å²) in [6.45, 7) is 5.53. The molecule has 0 aliphatic carbocycles. The van der Waals surface area contributed by atoms with Crippen molar-refractivity contribution in [3.8, 4) is 17.6 Å². The van der Waals surface area contributed by atoms with E-state index in [0.29, 0.717) is 33.8 Å². The zero-order chi connectivity index (χ0) is 40.1. The van der Waals surface area contributed by atoms with Crippen LogP contribution in [-0.4, -0.2) is 56.3 Å². The van der Waals surface area contributed by atoms with Crippen LogP contribution in [0.4, 0.5) is 25.0 Å². The molecule has 0 radical (unpaired) electrons. The van der Waals surface area contributed by atoms with Crippen LogP contribution >= 0.6 is 0 Å². The van der Waals surface area contributed by atoms with E-state index in [2.05, 4.69) is 30.3 Å². The first-order chi connectivity index (χ1) is 26.1. The predicted molar refractivity (Wildman–Crippen MR) is 208 cm³/mol. The molecule has 4 aromatic rings. The van der Waals surface area contributed by atoms with Crippen LogP contribution in [0, 0.1) is 11.3 Å². The Morgan fingerprint density at radius 2 is 1.60 bits per heavy atom. The van der Waals surface area contributed by atoms with Gasteiger partial charge >= 0.3 is 18.7 Å². The third-order valence-corrected chi connectivity index (χ3v) is 10.3. The number of hydrogen-bond acceptors (Lipinski definition) is 8. The number of carboxylic acid groups (broad SMARTS) is 1. The molecule has 0 saturated heterocycles. The number of halogens is 2. The van der Waals surface area contributed by atoms with E-state index in [-0.39, 0.29) is 37.5 Å². The molecule has 2 amide bonds. The Morgan fingerprint density at radius 1 is 0.927 bits per heavy atom. The Hall–Kier alpha value is -5.94. The summed E-state index contributed by atoms with van der Waals surface area (Å²) < 4.78 is 42.9. The van der Waals surface area contributed by atoms with E-state index in [1.54, 1.807) is 42.5 Å². The van der Waals surface area contributed by atoms with E-state index in [1.807, 2.05) is 43.3 Å². The lowest BCUT2D eigenvalue weighted by Crippen LogP contribution is -2.30. The number of nitriles is 1. The summed E-state index contributed by atoms with van der Waals surface area (Å²) in [6, 6.07) is 26.8. The van der Waals surface area contributed by atoms with Gasteiger partial charge in [0.2, 0.25) is 5.91 Å². The highest BCUT2D eigenvalue weighted by atomic mass is 28.3. The van der Waals surface area contributed by atoms with Gasteiger partial charge in [0.15, 0.2) is 6.04 Å². The van der Waals surface area contributed by atoms with Crippen LogP contribution in [0.15, 0.2) is 91.0 Å². The van der Waals surface area contributed by atoms with Crippen LogP contribution in [0.3, 0.4) is 0 Å². The number of hydrogen-bond donors (Lipinski definition) is 3. The highest BCUT2D eigenvalue weighted by molar-refractivity contribution is 6.76. The largest absolute Gasteiger partial charge is 0.489 e. The molecule has 0 aliphatic heterocycles. The number of anilines is 2. The van der Waals surface area contributed by atoms with Gasteiger partial charge in [-0.25, -0.2) is 9.59 Å². The van der Waals surface area contributed by atoms with Crippen molar-refractivity contribution in [2.45, 2.75) is 70.8 Å².